The van der Waals surface area contributed by atoms with Crippen LogP contribution in [-0.2, 0) is 47.9 Å². The van der Waals surface area contributed by atoms with Gasteiger partial charge in [0, 0.05) is 6.54 Å². The zero-order valence-electron chi connectivity index (χ0n) is 51.7. The molecule has 0 aromatic carbocycles. The lowest BCUT2D eigenvalue weighted by Crippen LogP contribution is -2.62. The highest BCUT2D eigenvalue weighted by Crippen LogP contribution is 2.16. The van der Waals surface area contributed by atoms with Gasteiger partial charge >= 0.3 is 5.97 Å². The highest BCUT2D eigenvalue weighted by atomic mass is 16.4. The van der Waals surface area contributed by atoms with Crippen LogP contribution in [0, 0.1) is 29.6 Å². The molecule has 0 aromatic rings. The minimum atomic E-state index is -1.57. The van der Waals surface area contributed by atoms with Crippen LogP contribution in [-0.4, -0.2) is 169 Å². The number of nitrogens with zero attached hydrogens (tertiary/aromatic N) is 1. The Balaban J connectivity index is 6.87. The van der Waals surface area contributed by atoms with Crippen molar-refractivity contribution < 1.29 is 58.2 Å². The number of unbranched alkanes of at least 4 members (excludes halogenated alkanes) is 3. The van der Waals surface area contributed by atoms with Crippen molar-refractivity contribution in [2.75, 3.05) is 32.8 Å². The number of hydrogen-bond acceptors (Lipinski definition) is 16. The van der Waals surface area contributed by atoms with E-state index < -0.39 is 144 Å². The van der Waals surface area contributed by atoms with Crippen LogP contribution < -0.4 is 82.3 Å². The number of guanidine groups is 1. The molecule has 0 aliphatic heterocycles. The molecule has 0 aromatic heterocycles. The van der Waals surface area contributed by atoms with Crippen LogP contribution in [0.5, 0.6) is 0 Å². The summed E-state index contributed by atoms with van der Waals surface area (Å²) in [6.07, 6.45) is 4.29. The number of aliphatic carboxylic acids is 1. The predicted octanol–water partition coefficient (Wildman–Crippen LogP) is -1.97. The molecule has 28 heteroatoms. The number of carboxylic acid groups (broad SMARTS) is 1. The van der Waals surface area contributed by atoms with Crippen molar-refractivity contribution in [3.05, 3.63) is 0 Å². The van der Waals surface area contributed by atoms with Crippen LogP contribution in [0.15, 0.2) is 4.99 Å². The number of carbonyl (C=O) groups is 10. The first-order valence-corrected chi connectivity index (χ1v) is 30.0. The van der Waals surface area contributed by atoms with Gasteiger partial charge in [0.1, 0.15) is 54.4 Å². The number of carbonyl (C=O) groups excluding carboxylic acids is 9. The molecule has 0 saturated heterocycles. The van der Waals surface area contributed by atoms with Gasteiger partial charge in [0.05, 0.1) is 12.6 Å². The molecule has 0 heterocycles. The Kier molecular flexibility index (Phi) is 39.4. The van der Waals surface area contributed by atoms with E-state index in [2.05, 4.69) is 52.8 Å². The molecule has 28 nitrogen and oxygen atoms in total. The maximum atomic E-state index is 14.5. The molecule has 0 saturated carbocycles. The van der Waals surface area contributed by atoms with Crippen LogP contribution in [0.25, 0.3) is 0 Å². The molecule has 0 fully saturated rings. The van der Waals surface area contributed by atoms with E-state index in [0.29, 0.717) is 57.8 Å². The molecule has 484 valence electrons. The van der Waals surface area contributed by atoms with Gasteiger partial charge in [0.25, 0.3) is 0 Å². The lowest BCUT2D eigenvalue weighted by atomic mass is 9.95. The number of carboxylic acids is 1. The van der Waals surface area contributed by atoms with Crippen molar-refractivity contribution in [3.63, 3.8) is 0 Å². The monoisotopic (exact) mass is 1200 g/mol. The van der Waals surface area contributed by atoms with Crippen LogP contribution in [0.3, 0.4) is 0 Å². The standard InChI is InChI=1S/C56H108N16O12/c1-11-34(9)44(72-50(78)40(28-31(3)4)67-52(80)43(33(7)8)70-46(74)36(60)20-19-27-63-56(61)62)53(81)66-38(22-14-17-25-58)48(76)64-37(21-13-16-24-57)47(75)65-39(23-15-18-26-59)49(77)71-45(35(10)12-2)54(82)69-42(30-73)51(79)68-41(55(83)84)29-32(5)6/h31-45,73H,11-30,57-60H2,1-10H3,(H,64,76)(H,65,75)(H,66,81)(H,67,80)(H,68,79)(H,69,82)(H,70,74)(H,71,77)(H,72,78)(H,83,84)(H4,61,62,63)/t34-,35-,36-,37-,38-,39-,40-,41-,42-,43-,44-,45-/m0/s1. The number of nitrogens with two attached hydrogens (primary N) is 6. The summed E-state index contributed by atoms with van der Waals surface area (Å²) in [4.78, 5) is 142. The SMILES string of the molecule is CC[C@H](C)[C@H](NC(=O)[C@H](CCCCN)NC(=O)[C@H](CCCCN)NC(=O)[C@H](CCCCN)NC(=O)[C@@H](NC(=O)[C@H](CC(C)C)NC(=O)[C@@H](NC(=O)[C@@H](N)CCCN=C(N)N)C(C)C)[C@@H](C)CC)C(=O)N[C@@H](CO)C(=O)N[C@@H](CC(C)C)C(=O)O. The van der Waals surface area contributed by atoms with E-state index in [1.54, 1.807) is 48.5 Å². The fourth-order valence-corrected chi connectivity index (χ4v) is 8.83. The van der Waals surface area contributed by atoms with Gasteiger partial charge in [0.15, 0.2) is 5.96 Å². The zero-order valence-corrected chi connectivity index (χ0v) is 51.7. The van der Waals surface area contributed by atoms with E-state index in [4.69, 9.17) is 34.4 Å². The quantitative estimate of drug-likeness (QED) is 0.0179. The number of amides is 9. The highest BCUT2D eigenvalue weighted by Gasteiger charge is 2.38. The first kappa shape index (κ1) is 77.8. The summed E-state index contributed by atoms with van der Waals surface area (Å²) in [5, 5.41) is 43.9. The Morgan fingerprint density at radius 1 is 0.417 bits per heavy atom. The largest absolute Gasteiger partial charge is 0.480 e. The number of aliphatic hydroxyl groups excluding tert-OH is 1. The maximum Gasteiger partial charge on any atom is 0.326 e. The van der Waals surface area contributed by atoms with E-state index in [0.717, 1.165) is 0 Å². The number of nitrogens with one attached hydrogen (secondary N) is 9. The smallest absolute Gasteiger partial charge is 0.326 e. The van der Waals surface area contributed by atoms with Gasteiger partial charge in [-0.1, -0.05) is 82.1 Å². The van der Waals surface area contributed by atoms with Crippen molar-refractivity contribution >= 4 is 65.1 Å². The second kappa shape index (κ2) is 42.6. The first-order valence-electron chi connectivity index (χ1n) is 30.0. The molecular formula is C56H108N16O12. The van der Waals surface area contributed by atoms with E-state index in [-0.39, 0.29) is 82.5 Å². The van der Waals surface area contributed by atoms with Crippen LogP contribution >= 0.6 is 0 Å². The van der Waals surface area contributed by atoms with Gasteiger partial charge in [-0.05, 0) is 133 Å². The van der Waals surface area contributed by atoms with Crippen LogP contribution in [0.4, 0.5) is 0 Å². The van der Waals surface area contributed by atoms with Crippen molar-refractivity contribution in [1.29, 1.82) is 0 Å². The second-order valence-corrected chi connectivity index (χ2v) is 23.0. The summed E-state index contributed by atoms with van der Waals surface area (Å²) in [5.41, 5.74) is 34.3. The average Bonchev–Trinajstić information content (AvgIpc) is 3.50. The summed E-state index contributed by atoms with van der Waals surface area (Å²) in [7, 11) is 0. The molecule has 0 spiro atoms. The molecule has 12 atom stereocenters. The Morgan fingerprint density at radius 3 is 1.12 bits per heavy atom. The third-order valence-electron chi connectivity index (χ3n) is 14.4. The van der Waals surface area contributed by atoms with Gasteiger partial charge < -0.3 is 92.5 Å². The fraction of sp³-hybridized carbons (Fsp3) is 0.804. The summed E-state index contributed by atoms with van der Waals surface area (Å²) >= 11 is 0. The van der Waals surface area contributed by atoms with Crippen LogP contribution in [0.2, 0.25) is 0 Å². The molecule has 0 rings (SSSR count). The summed E-state index contributed by atoms with van der Waals surface area (Å²) in [5.74, 6) is -9.84. The molecular weight excluding hydrogens is 1090 g/mol. The fourth-order valence-electron chi connectivity index (χ4n) is 8.83. The minimum absolute atomic E-state index is 0.0522. The van der Waals surface area contributed by atoms with Gasteiger partial charge in [-0.25, -0.2) is 4.79 Å². The van der Waals surface area contributed by atoms with Crippen molar-refractivity contribution in [3.8, 4) is 0 Å². The summed E-state index contributed by atoms with van der Waals surface area (Å²) < 4.78 is 0. The molecule has 9 amide bonds. The second-order valence-electron chi connectivity index (χ2n) is 23.0. The lowest BCUT2D eigenvalue weighted by Gasteiger charge is -2.31. The Labute approximate surface area is 497 Å². The lowest BCUT2D eigenvalue weighted by molar-refractivity contribution is -0.143. The molecule has 0 aliphatic carbocycles. The molecule has 23 N–H and O–H groups in total. The average molecular weight is 1200 g/mol. The number of rotatable bonds is 45. The summed E-state index contributed by atoms with van der Waals surface area (Å²) in [6, 6.07) is -12.4. The van der Waals surface area contributed by atoms with Gasteiger partial charge in [-0.15, -0.1) is 0 Å². The number of aliphatic imine (C=N–C) groups is 1. The van der Waals surface area contributed by atoms with Crippen molar-refractivity contribution in [1.82, 2.24) is 47.9 Å². The van der Waals surface area contributed by atoms with E-state index in [1.165, 1.54) is 0 Å². The molecule has 0 bridgehead atoms. The molecule has 0 unspecified atom stereocenters. The van der Waals surface area contributed by atoms with Crippen LogP contribution in [0.1, 0.15) is 166 Å². The van der Waals surface area contributed by atoms with Gasteiger partial charge in [-0.2, -0.15) is 0 Å². The number of hydrogen-bond donors (Lipinski definition) is 17. The number of aliphatic hydroxyl groups is 1. The normalized spacial score (nSPS) is 15.7. The third kappa shape index (κ3) is 30.5. The Bertz CT molecular complexity index is 2080. The van der Waals surface area contributed by atoms with Crippen molar-refractivity contribution in [2.24, 2.45) is 69.0 Å². The zero-order chi connectivity index (χ0) is 64.2. The topological polar surface area (TPSA) is 488 Å². The predicted molar refractivity (Wildman–Crippen MR) is 321 cm³/mol. The summed E-state index contributed by atoms with van der Waals surface area (Å²) in [6.45, 7) is 17.8. The van der Waals surface area contributed by atoms with Gasteiger partial charge in [0.2, 0.25) is 53.2 Å². The van der Waals surface area contributed by atoms with Gasteiger partial charge in [-0.3, -0.25) is 48.1 Å². The Morgan fingerprint density at radius 2 is 0.750 bits per heavy atom. The van der Waals surface area contributed by atoms with Crippen molar-refractivity contribution in [2.45, 2.75) is 226 Å². The van der Waals surface area contributed by atoms with E-state index in [9.17, 15) is 58.2 Å². The molecule has 0 aliphatic rings. The highest BCUT2D eigenvalue weighted by molar-refractivity contribution is 5.98. The molecule has 84 heavy (non-hydrogen) atoms. The minimum Gasteiger partial charge on any atom is -0.480 e. The van der Waals surface area contributed by atoms with E-state index >= 15 is 0 Å². The van der Waals surface area contributed by atoms with E-state index in [1.807, 2.05) is 20.8 Å². The molecule has 0 radical (unpaired) electrons. The maximum absolute atomic E-state index is 14.5. The first-order chi connectivity index (χ1) is 39.5. The third-order valence-corrected chi connectivity index (χ3v) is 14.4. The Hall–Kier alpha value is -6.23.